The van der Waals surface area contributed by atoms with Crippen LogP contribution in [0.3, 0.4) is 0 Å². The topological polar surface area (TPSA) is 68.9 Å². The van der Waals surface area contributed by atoms with Gasteiger partial charge in [-0.15, -0.1) is 11.3 Å². The Morgan fingerprint density at radius 1 is 1.10 bits per heavy atom. The number of anilines is 1. The number of nitrogens with two attached hydrogens (primary N) is 1. The predicted octanol–water partition coefficient (Wildman–Crippen LogP) is 5.82. The van der Waals surface area contributed by atoms with Gasteiger partial charge in [0.05, 0.1) is 22.2 Å². The molecule has 4 aromatic rings. The molecule has 2 N–H and O–H groups in total. The number of unbranched alkanes of at least 4 members (excludes halogenated alkanes) is 1. The predicted molar refractivity (Wildman–Crippen MR) is 124 cm³/mol. The third-order valence-corrected chi connectivity index (χ3v) is 7.84. The fourth-order valence-electron chi connectivity index (χ4n) is 3.25. The number of nitrogen functional groups attached to an aromatic ring is 1. The minimum atomic E-state index is -1.11. The number of aryl methyl sites for hydroxylation is 1. The van der Waals surface area contributed by atoms with E-state index >= 15 is 0 Å². The summed E-state index contributed by atoms with van der Waals surface area (Å²) in [5, 5.41) is 0.893. The smallest absolute Gasteiger partial charge is 0.127 e. The monoisotopic (exact) mass is 421 g/mol. The highest BCUT2D eigenvalue weighted by atomic mass is 32.2. The molecule has 0 bridgehead atoms. The van der Waals surface area contributed by atoms with Crippen LogP contribution in [0.2, 0.25) is 0 Å². The van der Waals surface area contributed by atoms with Crippen LogP contribution in [0.25, 0.3) is 32.6 Å². The van der Waals surface area contributed by atoms with Crippen molar-refractivity contribution >= 4 is 38.0 Å². The summed E-state index contributed by atoms with van der Waals surface area (Å²) in [6.07, 6.45) is 3.77. The lowest BCUT2D eigenvalue weighted by molar-refractivity contribution is 0.681. The highest BCUT2D eigenvalue weighted by Crippen LogP contribution is 2.42. The zero-order valence-corrected chi connectivity index (χ0v) is 18.1. The molecule has 0 fully saturated rings. The van der Waals surface area contributed by atoms with Crippen LogP contribution < -0.4 is 5.73 Å². The molecule has 3 aromatic heterocycles. The van der Waals surface area contributed by atoms with Gasteiger partial charge >= 0.3 is 0 Å². The molecule has 0 aliphatic carbocycles. The number of rotatable bonds is 6. The summed E-state index contributed by atoms with van der Waals surface area (Å²) in [7, 11) is -1.11. The highest BCUT2D eigenvalue weighted by molar-refractivity contribution is 7.87. The van der Waals surface area contributed by atoms with Crippen molar-refractivity contribution < 1.29 is 4.21 Å². The Balaban J connectivity index is 1.94. The lowest BCUT2D eigenvalue weighted by atomic mass is 10.0. The minimum absolute atomic E-state index is 0.597. The van der Waals surface area contributed by atoms with Crippen LogP contribution in [0.15, 0.2) is 58.9 Å². The number of fused-ring (bicyclic) bond motifs is 1. The maximum absolute atomic E-state index is 12.8. The molecular weight excluding hydrogens is 398 g/mol. The molecule has 4 nitrogen and oxygen atoms in total. The summed E-state index contributed by atoms with van der Waals surface area (Å²) in [5.41, 5.74) is 12.0. The molecule has 6 heteroatoms. The van der Waals surface area contributed by atoms with Crippen LogP contribution in [-0.2, 0) is 10.8 Å². The molecule has 0 amide bonds. The Morgan fingerprint density at radius 2 is 1.90 bits per heavy atom. The van der Waals surface area contributed by atoms with Crippen molar-refractivity contribution in [1.82, 2.24) is 9.97 Å². The first-order chi connectivity index (χ1) is 14.1. The molecule has 1 aromatic carbocycles. The van der Waals surface area contributed by atoms with Crippen LogP contribution in [-0.4, -0.2) is 19.9 Å². The largest absolute Gasteiger partial charge is 0.396 e. The van der Waals surface area contributed by atoms with E-state index in [-0.39, 0.29) is 0 Å². The van der Waals surface area contributed by atoms with Crippen LogP contribution in [0.1, 0.15) is 25.5 Å². The van der Waals surface area contributed by atoms with Crippen LogP contribution in [0.4, 0.5) is 5.69 Å². The second kappa shape index (κ2) is 8.43. The molecule has 0 aliphatic rings. The van der Waals surface area contributed by atoms with Gasteiger partial charge in [-0.05, 0) is 42.7 Å². The standard InChI is InChI=1S/C23H23N3OS2/c1-3-4-12-29(27)23-21(24)20-18(16-8-6-5-7-9-16)13-19(26-22(20)28-23)17-11-10-15(2)25-14-17/h5-11,13-14H,3-4,12,24H2,1-2H3. The fraction of sp³-hybridized carbons (Fsp3) is 0.217. The third kappa shape index (κ3) is 3.95. The second-order valence-corrected chi connectivity index (χ2v) is 9.76. The maximum Gasteiger partial charge on any atom is 0.127 e. The lowest BCUT2D eigenvalue weighted by Crippen LogP contribution is -1.99. The molecule has 29 heavy (non-hydrogen) atoms. The Bertz CT molecular complexity index is 1170. The summed E-state index contributed by atoms with van der Waals surface area (Å²) >= 11 is 1.45. The number of aromatic nitrogens is 2. The summed E-state index contributed by atoms with van der Waals surface area (Å²) < 4.78 is 13.6. The van der Waals surface area contributed by atoms with Gasteiger partial charge in [0.2, 0.25) is 0 Å². The van der Waals surface area contributed by atoms with E-state index in [4.69, 9.17) is 10.7 Å². The summed E-state index contributed by atoms with van der Waals surface area (Å²) in [4.78, 5) is 10.1. The molecule has 148 valence electrons. The molecule has 0 spiro atoms. The van der Waals surface area contributed by atoms with Gasteiger partial charge in [-0.3, -0.25) is 9.19 Å². The molecule has 0 saturated carbocycles. The van der Waals surface area contributed by atoms with Gasteiger partial charge in [0.15, 0.2) is 0 Å². The maximum atomic E-state index is 12.8. The van der Waals surface area contributed by atoms with E-state index in [0.29, 0.717) is 11.4 Å². The van der Waals surface area contributed by atoms with Crippen LogP contribution in [0, 0.1) is 6.92 Å². The molecule has 0 aliphatic heterocycles. The Labute approximate surface area is 177 Å². The van der Waals surface area contributed by atoms with Crippen molar-refractivity contribution in [1.29, 1.82) is 0 Å². The molecule has 0 saturated heterocycles. The Kier molecular flexibility index (Phi) is 5.74. The number of hydrogen-bond acceptors (Lipinski definition) is 5. The van der Waals surface area contributed by atoms with Gasteiger partial charge < -0.3 is 5.73 Å². The van der Waals surface area contributed by atoms with Crippen molar-refractivity contribution in [3.8, 4) is 22.4 Å². The first kappa shape index (κ1) is 19.7. The fourth-order valence-corrected chi connectivity index (χ4v) is 6.05. The van der Waals surface area contributed by atoms with Gasteiger partial charge in [-0.2, -0.15) is 0 Å². The van der Waals surface area contributed by atoms with Crippen molar-refractivity contribution in [3.63, 3.8) is 0 Å². The first-order valence-corrected chi connectivity index (χ1v) is 11.8. The summed E-state index contributed by atoms with van der Waals surface area (Å²) in [6, 6.07) is 16.2. The van der Waals surface area contributed by atoms with E-state index < -0.39 is 10.8 Å². The zero-order chi connectivity index (χ0) is 20.4. The summed E-state index contributed by atoms with van der Waals surface area (Å²) in [5.74, 6) is 0.628. The molecular formula is C23H23N3OS2. The Morgan fingerprint density at radius 3 is 2.59 bits per heavy atom. The van der Waals surface area contributed by atoms with Crippen molar-refractivity contribution in [3.05, 3.63) is 60.4 Å². The van der Waals surface area contributed by atoms with Gasteiger partial charge in [-0.1, -0.05) is 43.7 Å². The van der Waals surface area contributed by atoms with Crippen molar-refractivity contribution in [2.75, 3.05) is 11.5 Å². The minimum Gasteiger partial charge on any atom is -0.396 e. The van der Waals surface area contributed by atoms with E-state index in [1.165, 1.54) is 11.3 Å². The summed E-state index contributed by atoms with van der Waals surface area (Å²) in [6.45, 7) is 4.07. The number of nitrogens with zero attached hydrogens (tertiary/aromatic N) is 2. The average Bonchev–Trinajstić information content (AvgIpc) is 3.09. The number of hydrogen-bond donors (Lipinski definition) is 1. The molecule has 1 atom stereocenters. The van der Waals surface area contributed by atoms with E-state index in [2.05, 4.69) is 30.1 Å². The zero-order valence-electron chi connectivity index (χ0n) is 16.5. The highest BCUT2D eigenvalue weighted by Gasteiger charge is 2.20. The van der Waals surface area contributed by atoms with Crippen LogP contribution >= 0.6 is 11.3 Å². The van der Waals surface area contributed by atoms with Crippen molar-refractivity contribution in [2.45, 2.75) is 30.9 Å². The average molecular weight is 422 g/mol. The van der Waals surface area contributed by atoms with Crippen molar-refractivity contribution in [2.24, 2.45) is 0 Å². The van der Waals surface area contributed by atoms with Gasteiger partial charge in [0.25, 0.3) is 0 Å². The Hall–Kier alpha value is -2.57. The number of thiophene rings is 1. The third-order valence-electron chi connectivity index (χ3n) is 4.85. The number of pyridine rings is 2. The molecule has 4 rings (SSSR count). The van der Waals surface area contributed by atoms with Gasteiger partial charge in [0, 0.05) is 28.6 Å². The molecule has 1 unspecified atom stereocenters. The van der Waals surface area contributed by atoms with E-state index in [0.717, 1.165) is 55.3 Å². The normalized spacial score (nSPS) is 12.3. The van der Waals surface area contributed by atoms with Gasteiger partial charge in [0.1, 0.15) is 9.04 Å². The second-order valence-electron chi connectivity index (χ2n) is 7.00. The van der Waals surface area contributed by atoms with Crippen LogP contribution in [0.5, 0.6) is 0 Å². The number of benzene rings is 1. The SMILES string of the molecule is CCCCS(=O)c1sc2nc(-c3ccc(C)nc3)cc(-c3ccccc3)c2c1N. The molecule has 3 heterocycles. The van der Waals surface area contributed by atoms with Gasteiger partial charge in [-0.25, -0.2) is 4.98 Å². The molecule has 0 radical (unpaired) electrons. The lowest BCUT2D eigenvalue weighted by Gasteiger charge is -2.09. The quantitative estimate of drug-likeness (QED) is 0.426. The van der Waals surface area contributed by atoms with E-state index in [9.17, 15) is 4.21 Å². The van der Waals surface area contributed by atoms with E-state index in [1.54, 1.807) is 0 Å². The first-order valence-electron chi connectivity index (χ1n) is 9.68. The van der Waals surface area contributed by atoms with E-state index in [1.807, 2.05) is 43.5 Å².